The molecule has 0 fully saturated rings. The van der Waals surface area contributed by atoms with Crippen molar-refractivity contribution in [3.05, 3.63) is 60.6 Å². The predicted octanol–water partition coefficient (Wildman–Crippen LogP) is 3.50. The topological polar surface area (TPSA) is 91.5 Å². The Bertz CT molecular complexity index is 1030. The Morgan fingerprint density at radius 1 is 1.03 bits per heavy atom. The molecule has 4 rings (SSSR count). The van der Waals surface area contributed by atoms with Crippen LogP contribution >= 0.6 is 11.8 Å². The normalized spacial score (nSPS) is 13.3. The van der Waals surface area contributed by atoms with Crippen LogP contribution in [0.1, 0.15) is 5.76 Å². The highest BCUT2D eigenvalue weighted by Crippen LogP contribution is 2.26. The summed E-state index contributed by atoms with van der Waals surface area (Å²) in [6.45, 7) is 2.16. The number of rotatable bonds is 8. The van der Waals surface area contributed by atoms with Gasteiger partial charge in [-0.15, -0.1) is 0 Å². The van der Waals surface area contributed by atoms with Crippen molar-refractivity contribution in [3.63, 3.8) is 0 Å². The zero-order valence-electron chi connectivity index (χ0n) is 16.9. The lowest BCUT2D eigenvalue weighted by Crippen LogP contribution is -2.22. The first-order chi connectivity index (χ1) is 14.7. The second-order valence-electron chi connectivity index (χ2n) is 6.88. The fourth-order valence-corrected chi connectivity index (χ4v) is 3.52. The van der Waals surface area contributed by atoms with Crippen molar-refractivity contribution in [3.8, 4) is 0 Å². The van der Waals surface area contributed by atoms with Crippen molar-refractivity contribution in [2.24, 2.45) is 4.99 Å². The largest absolute Gasteiger partial charge is 0.465 e. The highest BCUT2D eigenvalue weighted by molar-refractivity contribution is 7.99. The first-order valence-corrected chi connectivity index (χ1v) is 10.4. The first-order valence-electron chi connectivity index (χ1n) is 9.59. The minimum Gasteiger partial charge on any atom is -0.465 e. The van der Waals surface area contributed by atoms with E-state index in [9.17, 15) is 0 Å². The van der Waals surface area contributed by atoms with E-state index in [2.05, 4.69) is 35.5 Å². The van der Waals surface area contributed by atoms with E-state index >= 15 is 0 Å². The number of furan rings is 1. The maximum Gasteiger partial charge on any atom is 0.234 e. The average Bonchev–Trinajstić information content (AvgIpc) is 3.40. The predicted molar refractivity (Wildman–Crippen MR) is 120 cm³/mol. The van der Waals surface area contributed by atoms with Gasteiger partial charge in [0.2, 0.25) is 11.9 Å². The molecule has 0 spiro atoms. The van der Waals surface area contributed by atoms with E-state index in [0.717, 1.165) is 29.3 Å². The Kier molecular flexibility index (Phi) is 6.41. The molecule has 0 saturated heterocycles. The quantitative estimate of drug-likeness (QED) is 0.571. The standard InChI is InChI=1S/C21H23N7OS/c1-28(2)11-10-22-19-25-20(27-21(26-19)30-16-7-4-3-5-8-16)24-18-13-15(14-23-18)17-9-6-12-29-17/h3-9,12-13H,10-11,14H2,1-2H3,(H2,22,23,24,25,26,27). The number of benzene rings is 1. The molecule has 8 nitrogen and oxygen atoms in total. The number of hydrogen-bond acceptors (Lipinski definition) is 9. The highest BCUT2D eigenvalue weighted by Gasteiger charge is 2.15. The molecule has 1 aliphatic heterocycles. The average molecular weight is 422 g/mol. The zero-order valence-corrected chi connectivity index (χ0v) is 17.7. The Morgan fingerprint density at radius 2 is 1.87 bits per heavy atom. The minimum atomic E-state index is 0.450. The molecule has 9 heteroatoms. The van der Waals surface area contributed by atoms with Gasteiger partial charge >= 0.3 is 0 Å². The van der Waals surface area contributed by atoms with Gasteiger partial charge in [-0.1, -0.05) is 18.2 Å². The minimum absolute atomic E-state index is 0.450. The molecule has 0 aliphatic carbocycles. The lowest BCUT2D eigenvalue weighted by atomic mass is 10.2. The van der Waals surface area contributed by atoms with Crippen LogP contribution in [0.4, 0.5) is 11.9 Å². The summed E-state index contributed by atoms with van der Waals surface area (Å²) in [7, 11) is 4.06. The van der Waals surface area contributed by atoms with E-state index in [4.69, 9.17) is 4.42 Å². The van der Waals surface area contributed by atoms with Crippen molar-refractivity contribution >= 4 is 35.1 Å². The molecule has 0 saturated carbocycles. The van der Waals surface area contributed by atoms with Crippen LogP contribution in [0.5, 0.6) is 0 Å². The molecule has 2 aromatic heterocycles. The van der Waals surface area contributed by atoms with Crippen molar-refractivity contribution in [2.75, 3.05) is 44.4 Å². The molecule has 1 aliphatic rings. The van der Waals surface area contributed by atoms with Gasteiger partial charge in [0.25, 0.3) is 0 Å². The second kappa shape index (κ2) is 9.55. The smallest absolute Gasteiger partial charge is 0.234 e. The second-order valence-corrected chi connectivity index (χ2v) is 7.92. The van der Waals surface area contributed by atoms with Crippen molar-refractivity contribution in [1.82, 2.24) is 19.9 Å². The number of aromatic nitrogens is 3. The SMILES string of the molecule is CN(C)CCNc1nc(NC2=NCC(c3ccco3)=C2)nc(Sc2ccccc2)n1. The molecule has 154 valence electrons. The summed E-state index contributed by atoms with van der Waals surface area (Å²) in [6, 6.07) is 13.8. The molecule has 0 unspecified atom stereocenters. The van der Waals surface area contributed by atoms with Crippen molar-refractivity contribution in [2.45, 2.75) is 10.1 Å². The summed E-state index contributed by atoms with van der Waals surface area (Å²) in [5.74, 6) is 2.49. The van der Waals surface area contributed by atoms with E-state index < -0.39 is 0 Å². The maximum atomic E-state index is 5.46. The van der Waals surface area contributed by atoms with Crippen LogP contribution in [0.3, 0.4) is 0 Å². The fourth-order valence-electron chi connectivity index (χ4n) is 2.75. The number of anilines is 2. The highest BCUT2D eigenvalue weighted by atomic mass is 32.2. The summed E-state index contributed by atoms with van der Waals surface area (Å²) in [5, 5.41) is 7.09. The van der Waals surface area contributed by atoms with Gasteiger partial charge in [0, 0.05) is 23.6 Å². The van der Waals surface area contributed by atoms with Crippen LogP contribution in [-0.2, 0) is 0 Å². The van der Waals surface area contributed by atoms with Crippen LogP contribution in [0.15, 0.2) is 74.3 Å². The summed E-state index contributed by atoms with van der Waals surface area (Å²) >= 11 is 1.49. The lowest BCUT2D eigenvalue weighted by Gasteiger charge is -2.12. The van der Waals surface area contributed by atoms with Crippen molar-refractivity contribution < 1.29 is 4.42 Å². The Labute approximate surface area is 179 Å². The van der Waals surface area contributed by atoms with E-state index in [0.29, 0.717) is 29.4 Å². The fraction of sp³-hybridized carbons (Fsp3) is 0.238. The molecule has 0 atom stereocenters. The molecular weight excluding hydrogens is 398 g/mol. The van der Waals surface area contributed by atoms with E-state index in [1.165, 1.54) is 11.8 Å². The summed E-state index contributed by atoms with van der Waals surface area (Å²) < 4.78 is 5.46. The third-order valence-electron chi connectivity index (χ3n) is 4.22. The van der Waals surface area contributed by atoms with Gasteiger partial charge in [0.05, 0.1) is 12.8 Å². The molecule has 3 heterocycles. The van der Waals surface area contributed by atoms with E-state index in [-0.39, 0.29) is 0 Å². The lowest BCUT2D eigenvalue weighted by molar-refractivity contribution is 0.425. The van der Waals surface area contributed by atoms with Gasteiger partial charge in [0.1, 0.15) is 11.6 Å². The van der Waals surface area contributed by atoms with E-state index in [1.54, 1.807) is 6.26 Å². The third kappa shape index (κ3) is 5.46. The number of aliphatic imine (C=N–C) groups is 1. The number of hydrogen-bond donors (Lipinski definition) is 2. The maximum absolute atomic E-state index is 5.46. The Hall–Kier alpha value is -3.17. The van der Waals surface area contributed by atoms with Crippen molar-refractivity contribution in [1.29, 1.82) is 0 Å². The molecule has 0 amide bonds. The molecule has 30 heavy (non-hydrogen) atoms. The molecule has 3 aromatic rings. The third-order valence-corrected chi connectivity index (χ3v) is 5.09. The van der Waals surface area contributed by atoms with E-state index in [1.807, 2.05) is 62.6 Å². The number of nitrogens with one attached hydrogen (secondary N) is 2. The van der Waals surface area contributed by atoms with Gasteiger partial charge in [-0.2, -0.15) is 15.0 Å². The summed E-state index contributed by atoms with van der Waals surface area (Å²) in [6.07, 6.45) is 3.61. The Morgan fingerprint density at radius 3 is 2.63 bits per heavy atom. The van der Waals surface area contributed by atoms with Crippen LogP contribution in [0, 0.1) is 0 Å². The number of amidine groups is 1. The van der Waals surface area contributed by atoms with Gasteiger partial charge in [-0.05, 0) is 56.2 Å². The van der Waals surface area contributed by atoms with Crippen LogP contribution in [-0.4, -0.2) is 59.4 Å². The molecule has 0 bridgehead atoms. The van der Waals surface area contributed by atoms with Crippen LogP contribution in [0.2, 0.25) is 0 Å². The zero-order chi connectivity index (χ0) is 20.8. The molecule has 0 radical (unpaired) electrons. The summed E-state index contributed by atoms with van der Waals surface area (Å²) in [4.78, 5) is 21.3. The van der Waals surface area contributed by atoms with Crippen LogP contribution < -0.4 is 10.6 Å². The summed E-state index contributed by atoms with van der Waals surface area (Å²) in [5.41, 5.74) is 1.01. The molecule has 2 N–H and O–H groups in total. The molecule has 1 aromatic carbocycles. The van der Waals surface area contributed by atoms with Gasteiger partial charge in [-0.25, -0.2) is 0 Å². The van der Waals surface area contributed by atoms with Gasteiger partial charge < -0.3 is 20.0 Å². The van der Waals surface area contributed by atoms with Crippen LogP contribution in [0.25, 0.3) is 5.57 Å². The Balaban J connectivity index is 1.52. The number of nitrogens with zero attached hydrogens (tertiary/aromatic N) is 5. The monoisotopic (exact) mass is 421 g/mol. The van der Waals surface area contributed by atoms with Gasteiger partial charge in [0.15, 0.2) is 5.16 Å². The molecular formula is C21H23N7OS. The first kappa shape index (κ1) is 20.1. The number of likely N-dealkylation sites (N-methyl/N-ethyl adjacent to an activating group) is 1. The van der Waals surface area contributed by atoms with Gasteiger partial charge in [-0.3, -0.25) is 4.99 Å².